The quantitative estimate of drug-likeness (QED) is 0.496. The Morgan fingerprint density at radius 3 is 2.47 bits per heavy atom. The number of aliphatic carboxylic acids is 1. The second kappa shape index (κ2) is 4.97. The van der Waals surface area contributed by atoms with Crippen molar-refractivity contribution in [1.29, 1.82) is 0 Å². The fourth-order valence-electron chi connectivity index (χ4n) is 1.14. The number of hydrogen-bond acceptors (Lipinski definition) is 3. The highest BCUT2D eigenvalue weighted by atomic mass is 35.5. The first kappa shape index (κ1) is 13.2. The molecule has 0 atom stereocenters. The zero-order valence-electron chi connectivity index (χ0n) is 8.70. The van der Waals surface area contributed by atoms with Crippen molar-refractivity contribution in [2.24, 2.45) is 0 Å². The standard InChI is InChI=1S/C11H8ClFO4/c1-5-2-3-6(13)9(10(5)12)7(14)4-8(15)11(16)17/h2-4,15H,1H3,(H,16,17)/b8-4+. The Kier molecular flexibility index (Phi) is 3.85. The van der Waals surface area contributed by atoms with E-state index < -0.39 is 28.9 Å². The van der Waals surface area contributed by atoms with E-state index in [1.54, 1.807) is 6.92 Å². The number of rotatable bonds is 3. The molecular weight excluding hydrogens is 251 g/mol. The Labute approximate surface area is 101 Å². The Morgan fingerprint density at radius 1 is 1.35 bits per heavy atom. The van der Waals surface area contributed by atoms with Gasteiger partial charge in [-0.1, -0.05) is 17.7 Å². The molecule has 0 spiro atoms. The zero-order chi connectivity index (χ0) is 13.2. The Morgan fingerprint density at radius 2 is 1.94 bits per heavy atom. The number of carbonyl (C=O) groups excluding carboxylic acids is 1. The van der Waals surface area contributed by atoms with Crippen LogP contribution < -0.4 is 0 Å². The minimum Gasteiger partial charge on any atom is -0.502 e. The molecule has 17 heavy (non-hydrogen) atoms. The predicted octanol–water partition coefficient (Wildman–Crippen LogP) is 2.50. The van der Waals surface area contributed by atoms with E-state index in [0.717, 1.165) is 6.07 Å². The number of aliphatic hydroxyl groups is 1. The van der Waals surface area contributed by atoms with Gasteiger partial charge in [-0.2, -0.15) is 0 Å². The minimum atomic E-state index is -1.68. The van der Waals surface area contributed by atoms with Gasteiger partial charge in [0.15, 0.2) is 5.78 Å². The van der Waals surface area contributed by atoms with Gasteiger partial charge in [0.25, 0.3) is 0 Å². The summed E-state index contributed by atoms with van der Waals surface area (Å²) in [5.41, 5.74) is 0.0131. The number of aliphatic hydroxyl groups excluding tert-OH is 1. The highest BCUT2D eigenvalue weighted by molar-refractivity contribution is 6.35. The van der Waals surface area contributed by atoms with E-state index in [2.05, 4.69) is 0 Å². The van der Waals surface area contributed by atoms with Gasteiger partial charge in [-0.3, -0.25) is 4.79 Å². The first-order valence-electron chi connectivity index (χ1n) is 4.47. The second-order valence-corrected chi connectivity index (χ2v) is 3.63. The summed E-state index contributed by atoms with van der Waals surface area (Å²) in [6.45, 7) is 1.57. The van der Waals surface area contributed by atoms with Gasteiger partial charge >= 0.3 is 5.97 Å². The Bertz CT molecular complexity index is 522. The molecule has 1 aromatic carbocycles. The predicted molar refractivity (Wildman–Crippen MR) is 58.8 cm³/mol. The van der Waals surface area contributed by atoms with Gasteiger partial charge < -0.3 is 10.2 Å². The summed E-state index contributed by atoms with van der Waals surface area (Å²) in [5, 5.41) is 17.2. The van der Waals surface area contributed by atoms with Crippen LogP contribution in [0.2, 0.25) is 5.02 Å². The van der Waals surface area contributed by atoms with E-state index in [1.165, 1.54) is 6.07 Å². The summed E-state index contributed by atoms with van der Waals surface area (Å²) in [4.78, 5) is 21.8. The number of ketones is 1. The first-order valence-corrected chi connectivity index (χ1v) is 4.85. The normalized spacial score (nSPS) is 11.4. The maximum Gasteiger partial charge on any atom is 0.371 e. The molecule has 1 aromatic rings. The van der Waals surface area contributed by atoms with Crippen molar-refractivity contribution < 1.29 is 24.2 Å². The van der Waals surface area contributed by atoms with Gasteiger partial charge in [-0.15, -0.1) is 0 Å². The summed E-state index contributed by atoms with van der Waals surface area (Å²) in [5.74, 6) is -4.73. The molecule has 0 saturated carbocycles. The fourth-order valence-corrected chi connectivity index (χ4v) is 1.39. The van der Waals surface area contributed by atoms with E-state index in [4.69, 9.17) is 21.8 Å². The average molecular weight is 259 g/mol. The van der Waals surface area contributed by atoms with E-state index in [9.17, 15) is 14.0 Å². The minimum absolute atomic E-state index is 0.107. The van der Waals surface area contributed by atoms with Crippen LogP contribution in [0.5, 0.6) is 0 Å². The molecule has 0 amide bonds. The maximum absolute atomic E-state index is 13.4. The van der Waals surface area contributed by atoms with Gasteiger partial charge in [0.05, 0.1) is 10.6 Å². The molecule has 0 aliphatic heterocycles. The number of carboxylic acid groups (broad SMARTS) is 1. The summed E-state index contributed by atoms with van der Waals surface area (Å²) < 4.78 is 13.4. The molecule has 0 heterocycles. The van der Waals surface area contributed by atoms with Crippen LogP contribution in [0.3, 0.4) is 0 Å². The van der Waals surface area contributed by atoms with Gasteiger partial charge in [0.2, 0.25) is 5.76 Å². The number of aryl methyl sites for hydroxylation is 1. The summed E-state index contributed by atoms with van der Waals surface area (Å²) in [6.07, 6.45) is 0.409. The number of benzene rings is 1. The SMILES string of the molecule is Cc1ccc(F)c(C(=O)/C=C(/O)C(=O)O)c1Cl. The summed E-state index contributed by atoms with van der Waals surface area (Å²) in [7, 11) is 0. The van der Waals surface area contributed by atoms with Crippen LogP contribution in [0.15, 0.2) is 24.0 Å². The number of hydrogen-bond donors (Lipinski definition) is 2. The Balaban J connectivity index is 3.27. The fraction of sp³-hybridized carbons (Fsp3) is 0.0909. The summed E-state index contributed by atoms with van der Waals surface area (Å²) >= 11 is 5.74. The lowest BCUT2D eigenvalue weighted by molar-refractivity contribution is -0.135. The number of halogens is 2. The molecule has 0 aromatic heterocycles. The molecule has 1 rings (SSSR count). The van der Waals surface area contributed by atoms with Gasteiger partial charge in [-0.05, 0) is 18.6 Å². The van der Waals surface area contributed by atoms with Crippen LogP contribution in [0, 0.1) is 12.7 Å². The molecule has 0 unspecified atom stereocenters. The lowest BCUT2D eigenvalue weighted by atomic mass is 10.1. The van der Waals surface area contributed by atoms with E-state index >= 15 is 0 Å². The zero-order valence-corrected chi connectivity index (χ0v) is 9.45. The number of carboxylic acids is 1. The molecule has 6 heteroatoms. The third-order valence-electron chi connectivity index (χ3n) is 2.02. The molecular formula is C11H8ClFO4. The van der Waals surface area contributed by atoms with E-state index in [1.807, 2.05) is 0 Å². The third-order valence-corrected chi connectivity index (χ3v) is 2.50. The maximum atomic E-state index is 13.4. The summed E-state index contributed by atoms with van der Waals surface area (Å²) in [6, 6.07) is 2.43. The van der Waals surface area contributed by atoms with E-state index in [-0.39, 0.29) is 5.02 Å². The largest absolute Gasteiger partial charge is 0.502 e. The van der Waals surface area contributed by atoms with Crippen molar-refractivity contribution in [2.45, 2.75) is 6.92 Å². The molecule has 0 aliphatic rings. The lowest BCUT2D eigenvalue weighted by Crippen LogP contribution is -2.06. The van der Waals surface area contributed by atoms with Crippen LogP contribution in [-0.4, -0.2) is 22.0 Å². The van der Waals surface area contributed by atoms with Crippen molar-refractivity contribution in [3.8, 4) is 0 Å². The van der Waals surface area contributed by atoms with Crippen LogP contribution in [0.25, 0.3) is 0 Å². The van der Waals surface area contributed by atoms with Crippen LogP contribution in [-0.2, 0) is 4.79 Å². The van der Waals surface area contributed by atoms with Gasteiger partial charge in [-0.25, -0.2) is 9.18 Å². The molecule has 0 aliphatic carbocycles. The van der Waals surface area contributed by atoms with Crippen molar-refractivity contribution in [1.82, 2.24) is 0 Å². The third kappa shape index (κ3) is 2.82. The topological polar surface area (TPSA) is 74.6 Å². The smallest absolute Gasteiger partial charge is 0.371 e. The molecule has 90 valence electrons. The van der Waals surface area contributed by atoms with Crippen molar-refractivity contribution in [3.63, 3.8) is 0 Å². The highest BCUT2D eigenvalue weighted by Gasteiger charge is 2.18. The first-order chi connectivity index (χ1) is 7.84. The van der Waals surface area contributed by atoms with Crippen LogP contribution in [0.4, 0.5) is 4.39 Å². The van der Waals surface area contributed by atoms with Crippen molar-refractivity contribution in [3.05, 3.63) is 45.9 Å². The van der Waals surface area contributed by atoms with Gasteiger partial charge in [0.1, 0.15) is 5.82 Å². The molecule has 4 nitrogen and oxygen atoms in total. The molecule has 0 bridgehead atoms. The second-order valence-electron chi connectivity index (χ2n) is 3.25. The monoisotopic (exact) mass is 258 g/mol. The molecule has 0 saturated heterocycles. The molecule has 0 fully saturated rings. The Hall–Kier alpha value is -1.88. The number of carbonyl (C=O) groups is 2. The van der Waals surface area contributed by atoms with Crippen LogP contribution in [0.1, 0.15) is 15.9 Å². The van der Waals surface area contributed by atoms with Crippen molar-refractivity contribution in [2.75, 3.05) is 0 Å². The van der Waals surface area contributed by atoms with E-state index in [0.29, 0.717) is 11.6 Å². The lowest BCUT2D eigenvalue weighted by Gasteiger charge is -2.05. The van der Waals surface area contributed by atoms with Gasteiger partial charge in [0, 0.05) is 6.08 Å². The number of allylic oxidation sites excluding steroid dienone is 1. The van der Waals surface area contributed by atoms with Crippen molar-refractivity contribution >= 4 is 23.4 Å². The molecule has 0 radical (unpaired) electrons. The highest BCUT2D eigenvalue weighted by Crippen LogP contribution is 2.24. The average Bonchev–Trinajstić information content (AvgIpc) is 2.24. The molecule has 2 N–H and O–H groups in total. The van der Waals surface area contributed by atoms with Crippen LogP contribution >= 0.6 is 11.6 Å².